The first-order chi connectivity index (χ1) is 15.6. The zero-order chi connectivity index (χ0) is 22.2. The summed E-state index contributed by atoms with van der Waals surface area (Å²) < 4.78 is 31.2. The molecule has 0 radical (unpaired) electrons. The highest BCUT2D eigenvalue weighted by Gasteiger charge is 2.38. The molecule has 0 aliphatic carbocycles. The SMILES string of the molecule is COc1cccc(C2NC(=S)C3=C(Oc4c(cccc4OC)C3)N2c2ccc(F)cc2)c1. The predicted molar refractivity (Wildman–Crippen MR) is 125 cm³/mol. The van der Waals surface area contributed by atoms with Crippen LogP contribution in [-0.2, 0) is 6.42 Å². The third-order valence-corrected chi connectivity index (χ3v) is 6.00. The molecule has 3 aromatic rings. The van der Waals surface area contributed by atoms with Gasteiger partial charge in [0.2, 0.25) is 5.88 Å². The second-order valence-electron chi connectivity index (χ2n) is 7.51. The third-order valence-electron chi connectivity index (χ3n) is 5.64. The zero-order valence-corrected chi connectivity index (χ0v) is 18.4. The minimum atomic E-state index is -0.377. The van der Waals surface area contributed by atoms with Crippen molar-refractivity contribution in [1.29, 1.82) is 0 Å². The number of para-hydroxylation sites is 1. The van der Waals surface area contributed by atoms with Gasteiger partial charge in [0.25, 0.3) is 0 Å². The molecule has 1 atom stereocenters. The minimum absolute atomic E-state index is 0.307. The highest BCUT2D eigenvalue weighted by atomic mass is 32.1. The molecule has 3 aromatic carbocycles. The van der Waals surface area contributed by atoms with Gasteiger partial charge in [-0.3, -0.25) is 4.90 Å². The van der Waals surface area contributed by atoms with Crippen molar-refractivity contribution in [2.75, 3.05) is 19.1 Å². The molecule has 2 aliphatic rings. The van der Waals surface area contributed by atoms with E-state index in [0.717, 1.165) is 28.1 Å². The van der Waals surface area contributed by atoms with E-state index in [9.17, 15) is 4.39 Å². The number of hydrogen-bond donors (Lipinski definition) is 1. The van der Waals surface area contributed by atoms with Crippen molar-refractivity contribution in [3.8, 4) is 17.2 Å². The van der Waals surface area contributed by atoms with E-state index in [1.54, 1.807) is 26.4 Å². The largest absolute Gasteiger partial charge is 0.497 e. The van der Waals surface area contributed by atoms with Crippen LogP contribution in [-0.4, -0.2) is 19.2 Å². The molecule has 1 unspecified atom stereocenters. The van der Waals surface area contributed by atoms with Crippen LogP contribution >= 0.6 is 12.2 Å². The van der Waals surface area contributed by atoms with E-state index in [-0.39, 0.29) is 12.0 Å². The second-order valence-corrected chi connectivity index (χ2v) is 7.92. The highest BCUT2D eigenvalue weighted by molar-refractivity contribution is 7.80. The Bertz CT molecular complexity index is 1230. The normalized spacial score (nSPS) is 17.2. The Labute approximate surface area is 191 Å². The monoisotopic (exact) mass is 448 g/mol. The van der Waals surface area contributed by atoms with Crippen molar-refractivity contribution in [1.82, 2.24) is 5.32 Å². The van der Waals surface area contributed by atoms with Crippen molar-refractivity contribution < 1.29 is 18.6 Å². The zero-order valence-electron chi connectivity index (χ0n) is 17.6. The first-order valence-electron chi connectivity index (χ1n) is 10.2. The van der Waals surface area contributed by atoms with E-state index in [2.05, 4.69) is 5.32 Å². The van der Waals surface area contributed by atoms with Crippen molar-refractivity contribution in [2.24, 2.45) is 0 Å². The number of nitrogens with one attached hydrogen (secondary N) is 1. The third kappa shape index (κ3) is 3.44. The summed E-state index contributed by atoms with van der Waals surface area (Å²) in [4.78, 5) is 2.61. The lowest BCUT2D eigenvalue weighted by Crippen LogP contribution is -2.49. The fraction of sp³-hybridized carbons (Fsp3) is 0.160. The molecule has 0 fully saturated rings. The first-order valence-corrected chi connectivity index (χ1v) is 10.6. The van der Waals surface area contributed by atoms with Gasteiger partial charge in [0.15, 0.2) is 11.5 Å². The number of thiocarbonyl (C=S) groups is 1. The van der Waals surface area contributed by atoms with Crippen LogP contribution in [0.2, 0.25) is 0 Å². The lowest BCUT2D eigenvalue weighted by Gasteiger charge is -2.43. The standard InChI is InChI=1S/C25H21FN2O3S/c1-29-19-7-3-6-16(13-19)23-27-24(32)20-14-15-5-4-8-21(30-2)22(15)31-25(20)28(23)18-11-9-17(26)10-12-18/h3-13,23H,14H2,1-2H3,(H,27,32). The smallest absolute Gasteiger partial charge is 0.209 e. The number of benzene rings is 3. The average molecular weight is 449 g/mol. The number of fused-ring (bicyclic) bond motifs is 1. The van der Waals surface area contributed by atoms with Crippen LogP contribution in [0.4, 0.5) is 10.1 Å². The fourth-order valence-electron chi connectivity index (χ4n) is 4.08. The average Bonchev–Trinajstić information content (AvgIpc) is 2.83. The molecule has 2 heterocycles. The fourth-order valence-corrected chi connectivity index (χ4v) is 4.35. The Morgan fingerprint density at radius 1 is 1.03 bits per heavy atom. The van der Waals surface area contributed by atoms with Gasteiger partial charge in [-0.05, 0) is 48.0 Å². The van der Waals surface area contributed by atoms with Gasteiger partial charge in [0, 0.05) is 17.7 Å². The maximum absolute atomic E-state index is 13.7. The van der Waals surface area contributed by atoms with Crippen LogP contribution in [0.3, 0.4) is 0 Å². The van der Waals surface area contributed by atoms with Gasteiger partial charge in [-0.2, -0.15) is 0 Å². The van der Waals surface area contributed by atoms with Crippen LogP contribution in [0.5, 0.6) is 17.2 Å². The molecule has 0 spiro atoms. The Morgan fingerprint density at radius 3 is 2.56 bits per heavy atom. The summed E-state index contributed by atoms with van der Waals surface area (Å²) in [5, 5.41) is 3.44. The van der Waals surface area contributed by atoms with E-state index in [4.69, 9.17) is 26.4 Å². The molecule has 32 heavy (non-hydrogen) atoms. The molecular weight excluding hydrogens is 427 g/mol. The summed E-state index contributed by atoms with van der Waals surface area (Å²) in [5.41, 5.74) is 3.55. The maximum atomic E-state index is 13.7. The molecule has 0 saturated heterocycles. The Balaban J connectivity index is 1.67. The highest BCUT2D eigenvalue weighted by Crippen LogP contribution is 2.44. The Kier molecular flexibility index (Phi) is 5.19. The van der Waals surface area contributed by atoms with Crippen LogP contribution in [0.1, 0.15) is 17.3 Å². The summed E-state index contributed by atoms with van der Waals surface area (Å²) in [6, 6.07) is 19.9. The van der Waals surface area contributed by atoms with E-state index < -0.39 is 0 Å². The minimum Gasteiger partial charge on any atom is -0.497 e. The summed E-state index contributed by atoms with van der Waals surface area (Å²) in [5.74, 6) is 2.33. The van der Waals surface area contributed by atoms with Gasteiger partial charge in [-0.1, -0.05) is 36.5 Å². The van der Waals surface area contributed by atoms with Gasteiger partial charge in [0.05, 0.1) is 19.8 Å². The molecule has 0 saturated carbocycles. The quantitative estimate of drug-likeness (QED) is 0.559. The van der Waals surface area contributed by atoms with Gasteiger partial charge in [0.1, 0.15) is 22.7 Å². The number of ether oxygens (including phenoxy) is 3. The van der Waals surface area contributed by atoms with Gasteiger partial charge in [-0.15, -0.1) is 0 Å². The Hall–Kier alpha value is -3.58. The van der Waals surface area contributed by atoms with Crippen LogP contribution < -0.4 is 24.4 Å². The van der Waals surface area contributed by atoms with E-state index in [1.165, 1.54) is 12.1 Å². The number of anilines is 1. The molecule has 0 amide bonds. The second kappa shape index (κ2) is 8.16. The molecule has 5 nitrogen and oxygen atoms in total. The molecule has 0 aromatic heterocycles. The molecule has 2 aliphatic heterocycles. The van der Waals surface area contributed by atoms with Crippen LogP contribution in [0, 0.1) is 5.82 Å². The van der Waals surface area contributed by atoms with Crippen LogP contribution in [0.25, 0.3) is 0 Å². The molecule has 0 bridgehead atoms. The van der Waals surface area contributed by atoms with Gasteiger partial charge in [-0.25, -0.2) is 4.39 Å². The number of halogens is 1. The molecule has 162 valence electrons. The lowest BCUT2D eigenvalue weighted by atomic mass is 9.98. The van der Waals surface area contributed by atoms with E-state index in [1.807, 2.05) is 47.4 Å². The molecule has 1 N–H and O–H groups in total. The lowest BCUT2D eigenvalue weighted by molar-refractivity contribution is 0.327. The van der Waals surface area contributed by atoms with E-state index in [0.29, 0.717) is 28.8 Å². The maximum Gasteiger partial charge on any atom is 0.209 e. The number of rotatable bonds is 4. The molecule has 5 rings (SSSR count). The van der Waals surface area contributed by atoms with E-state index >= 15 is 0 Å². The van der Waals surface area contributed by atoms with Gasteiger partial charge < -0.3 is 19.5 Å². The Morgan fingerprint density at radius 2 is 1.81 bits per heavy atom. The number of hydrogen-bond acceptors (Lipinski definition) is 5. The van der Waals surface area contributed by atoms with Crippen molar-refractivity contribution >= 4 is 22.9 Å². The summed E-state index contributed by atoms with van der Waals surface area (Å²) in [7, 11) is 3.25. The summed E-state index contributed by atoms with van der Waals surface area (Å²) in [6.45, 7) is 0. The summed E-state index contributed by atoms with van der Waals surface area (Å²) >= 11 is 5.76. The topological polar surface area (TPSA) is 43.0 Å². The van der Waals surface area contributed by atoms with Gasteiger partial charge >= 0.3 is 0 Å². The predicted octanol–water partition coefficient (Wildman–Crippen LogP) is 5.13. The molecule has 7 heteroatoms. The van der Waals surface area contributed by atoms with Crippen molar-refractivity contribution in [3.05, 3.63) is 95.1 Å². The van der Waals surface area contributed by atoms with Crippen LogP contribution in [0.15, 0.2) is 78.2 Å². The molecular formula is C25H21FN2O3S. The van der Waals surface area contributed by atoms with Crippen molar-refractivity contribution in [3.63, 3.8) is 0 Å². The first kappa shape index (κ1) is 20.3. The summed E-state index contributed by atoms with van der Waals surface area (Å²) in [6.07, 6.45) is 0.217. The number of nitrogens with zero attached hydrogens (tertiary/aromatic N) is 1. The number of methoxy groups -OCH3 is 2. The van der Waals surface area contributed by atoms with Crippen molar-refractivity contribution in [2.45, 2.75) is 12.6 Å².